The molecule has 0 aromatic heterocycles. The molecular formula is C24H26O2S. The zero-order valence-electron chi connectivity index (χ0n) is 16.7. The molecule has 0 spiro atoms. The summed E-state index contributed by atoms with van der Waals surface area (Å²) in [6, 6.07) is 13.8. The largest absolute Gasteiger partial charge is 0.462 e. The molecule has 2 aromatic rings. The Morgan fingerprint density at radius 2 is 1.67 bits per heavy atom. The normalized spacial score (nSPS) is 16.6. The molecule has 0 aliphatic carbocycles. The molecular weight excluding hydrogens is 352 g/mol. The van der Waals surface area contributed by atoms with Crippen molar-refractivity contribution in [2.24, 2.45) is 0 Å². The van der Waals surface area contributed by atoms with E-state index in [1.165, 1.54) is 10.5 Å². The van der Waals surface area contributed by atoms with E-state index in [2.05, 4.69) is 57.7 Å². The van der Waals surface area contributed by atoms with Crippen molar-refractivity contribution < 1.29 is 9.53 Å². The van der Waals surface area contributed by atoms with E-state index < -0.39 is 0 Å². The van der Waals surface area contributed by atoms with Crippen LogP contribution in [0.5, 0.6) is 0 Å². The Morgan fingerprint density at radius 1 is 1.04 bits per heavy atom. The van der Waals surface area contributed by atoms with Gasteiger partial charge >= 0.3 is 5.97 Å². The van der Waals surface area contributed by atoms with E-state index in [1.54, 1.807) is 19.1 Å². The lowest BCUT2D eigenvalue weighted by Crippen LogP contribution is -2.33. The summed E-state index contributed by atoms with van der Waals surface area (Å²) in [7, 11) is 0. The second-order valence-electron chi connectivity index (χ2n) is 8.18. The van der Waals surface area contributed by atoms with Gasteiger partial charge in [-0.15, -0.1) is 11.8 Å². The van der Waals surface area contributed by atoms with Gasteiger partial charge in [0.2, 0.25) is 0 Å². The van der Waals surface area contributed by atoms with E-state index in [0.717, 1.165) is 17.5 Å². The number of esters is 1. The molecule has 0 unspecified atom stereocenters. The van der Waals surface area contributed by atoms with E-state index in [-0.39, 0.29) is 16.1 Å². The van der Waals surface area contributed by atoms with Crippen LogP contribution >= 0.6 is 11.8 Å². The second kappa shape index (κ2) is 7.44. The zero-order valence-corrected chi connectivity index (χ0v) is 17.5. The van der Waals surface area contributed by atoms with Gasteiger partial charge in [-0.05, 0) is 60.7 Å². The lowest BCUT2D eigenvalue weighted by molar-refractivity contribution is 0.0526. The molecule has 0 atom stereocenters. The summed E-state index contributed by atoms with van der Waals surface area (Å²) in [5.41, 5.74) is 4.05. The van der Waals surface area contributed by atoms with Crippen molar-refractivity contribution in [1.29, 1.82) is 0 Å². The van der Waals surface area contributed by atoms with Crippen LogP contribution in [-0.2, 0) is 10.2 Å². The van der Waals surface area contributed by atoms with Gasteiger partial charge in [0, 0.05) is 20.8 Å². The van der Waals surface area contributed by atoms with Crippen molar-refractivity contribution in [2.75, 3.05) is 6.61 Å². The topological polar surface area (TPSA) is 26.3 Å². The minimum absolute atomic E-state index is 0.180. The summed E-state index contributed by atoms with van der Waals surface area (Å²) in [6.45, 7) is 11.5. The smallest absolute Gasteiger partial charge is 0.338 e. The Kier molecular flexibility index (Phi) is 5.40. The Hall–Kier alpha value is -2.18. The molecule has 3 rings (SSSR count). The summed E-state index contributed by atoms with van der Waals surface area (Å²) in [5, 5.41) is 0. The average Bonchev–Trinajstić information content (AvgIpc) is 2.58. The predicted octanol–water partition coefficient (Wildman–Crippen LogP) is 5.82. The van der Waals surface area contributed by atoms with E-state index in [4.69, 9.17) is 4.74 Å². The van der Waals surface area contributed by atoms with Gasteiger partial charge < -0.3 is 4.74 Å². The molecule has 1 aliphatic heterocycles. The number of hydrogen-bond donors (Lipinski definition) is 0. The molecule has 0 bridgehead atoms. The highest BCUT2D eigenvalue weighted by Gasteiger charge is 2.37. The van der Waals surface area contributed by atoms with Gasteiger partial charge in [0.25, 0.3) is 0 Å². The Labute approximate surface area is 166 Å². The van der Waals surface area contributed by atoms with Gasteiger partial charge in [-0.25, -0.2) is 4.79 Å². The summed E-state index contributed by atoms with van der Waals surface area (Å²) in [4.78, 5) is 13.1. The van der Waals surface area contributed by atoms with Crippen molar-refractivity contribution >= 4 is 17.7 Å². The van der Waals surface area contributed by atoms with Crippen LogP contribution in [0, 0.1) is 11.8 Å². The molecule has 27 heavy (non-hydrogen) atoms. The lowest BCUT2D eigenvalue weighted by atomic mass is 9.77. The second-order valence-corrected chi connectivity index (χ2v) is 9.93. The Bertz CT molecular complexity index is 912. The highest BCUT2D eigenvalue weighted by atomic mass is 32.2. The Balaban J connectivity index is 1.83. The van der Waals surface area contributed by atoms with Crippen LogP contribution in [0.3, 0.4) is 0 Å². The maximum Gasteiger partial charge on any atom is 0.338 e. The number of hydrogen-bond acceptors (Lipinski definition) is 3. The summed E-state index contributed by atoms with van der Waals surface area (Å²) in [5.74, 6) is 6.16. The van der Waals surface area contributed by atoms with Crippen LogP contribution in [0.2, 0.25) is 0 Å². The summed E-state index contributed by atoms with van der Waals surface area (Å²) >= 11 is 1.94. The fourth-order valence-electron chi connectivity index (χ4n) is 3.79. The highest BCUT2D eigenvalue weighted by molar-refractivity contribution is 8.00. The SMILES string of the molecule is CCOC(=O)c1ccc(C#Cc2ccc3c(c2)SC(C)(C)CC3(C)C)cc1. The number of benzene rings is 2. The first-order valence-corrected chi connectivity index (χ1v) is 10.1. The van der Waals surface area contributed by atoms with Crippen molar-refractivity contribution in [3.05, 3.63) is 64.7 Å². The number of thioether (sulfide) groups is 1. The highest BCUT2D eigenvalue weighted by Crippen LogP contribution is 2.50. The molecule has 0 saturated heterocycles. The number of carbonyl (C=O) groups is 1. The zero-order chi connectivity index (χ0) is 19.7. The minimum atomic E-state index is -0.297. The van der Waals surface area contributed by atoms with E-state index in [0.29, 0.717) is 12.2 Å². The van der Waals surface area contributed by atoms with Gasteiger partial charge in [0.15, 0.2) is 0 Å². The van der Waals surface area contributed by atoms with E-state index in [9.17, 15) is 4.79 Å². The molecule has 0 N–H and O–H groups in total. The Morgan fingerprint density at radius 3 is 2.33 bits per heavy atom. The minimum Gasteiger partial charge on any atom is -0.462 e. The quantitative estimate of drug-likeness (QED) is 0.487. The van der Waals surface area contributed by atoms with Crippen molar-refractivity contribution in [1.82, 2.24) is 0 Å². The first-order chi connectivity index (χ1) is 12.7. The van der Waals surface area contributed by atoms with Gasteiger partial charge in [-0.3, -0.25) is 0 Å². The van der Waals surface area contributed by atoms with Crippen molar-refractivity contribution in [2.45, 2.75) is 56.1 Å². The maximum absolute atomic E-state index is 11.7. The van der Waals surface area contributed by atoms with Crippen LogP contribution < -0.4 is 0 Å². The van der Waals surface area contributed by atoms with Gasteiger partial charge in [-0.2, -0.15) is 0 Å². The molecule has 2 nitrogen and oxygen atoms in total. The van der Waals surface area contributed by atoms with E-state index in [1.807, 2.05) is 23.9 Å². The van der Waals surface area contributed by atoms with Gasteiger partial charge in [0.05, 0.1) is 12.2 Å². The number of carbonyl (C=O) groups excluding carboxylic acids is 1. The first-order valence-electron chi connectivity index (χ1n) is 9.33. The van der Waals surface area contributed by atoms with Crippen molar-refractivity contribution in [3.63, 3.8) is 0 Å². The number of ether oxygens (including phenoxy) is 1. The molecule has 1 heterocycles. The lowest BCUT2D eigenvalue weighted by Gasteiger charge is -2.41. The first kappa shape index (κ1) is 19.6. The summed E-state index contributed by atoms with van der Waals surface area (Å²) < 4.78 is 5.23. The third-order valence-electron chi connectivity index (χ3n) is 4.71. The molecule has 0 amide bonds. The monoisotopic (exact) mass is 378 g/mol. The van der Waals surface area contributed by atoms with E-state index >= 15 is 0 Å². The molecule has 140 valence electrons. The fraction of sp³-hybridized carbons (Fsp3) is 0.375. The number of rotatable bonds is 2. The van der Waals surface area contributed by atoms with Crippen LogP contribution in [0.1, 0.15) is 68.1 Å². The fourth-order valence-corrected chi connectivity index (χ4v) is 5.45. The third-order valence-corrected chi connectivity index (χ3v) is 5.97. The van der Waals surface area contributed by atoms with Crippen LogP contribution in [-0.4, -0.2) is 17.3 Å². The molecule has 3 heteroatoms. The predicted molar refractivity (Wildman–Crippen MR) is 112 cm³/mol. The molecule has 2 aromatic carbocycles. The number of fused-ring (bicyclic) bond motifs is 1. The van der Waals surface area contributed by atoms with Gasteiger partial charge in [-0.1, -0.05) is 45.6 Å². The molecule has 0 fully saturated rings. The van der Waals surface area contributed by atoms with Gasteiger partial charge in [0.1, 0.15) is 0 Å². The summed E-state index contributed by atoms with van der Waals surface area (Å²) in [6.07, 6.45) is 1.16. The van der Waals surface area contributed by atoms with Crippen LogP contribution in [0.4, 0.5) is 0 Å². The molecule has 0 radical (unpaired) electrons. The van der Waals surface area contributed by atoms with Crippen molar-refractivity contribution in [3.8, 4) is 11.8 Å². The standard InChI is InChI=1S/C24H26O2S/c1-6-26-22(25)19-12-9-17(10-13-19)7-8-18-11-14-20-21(15-18)27-24(4,5)16-23(20,2)3/h9-15H,6,16H2,1-5H3. The average molecular weight is 379 g/mol. The van der Waals surface area contributed by atoms with Crippen LogP contribution in [0.15, 0.2) is 47.4 Å². The van der Waals surface area contributed by atoms with Crippen LogP contribution in [0.25, 0.3) is 0 Å². The third kappa shape index (κ3) is 4.57. The molecule has 1 aliphatic rings. The maximum atomic E-state index is 11.7. The molecule has 0 saturated carbocycles.